The molecule has 0 aromatic carbocycles. The zero-order valence-corrected chi connectivity index (χ0v) is 13.9. The van der Waals surface area contributed by atoms with Crippen molar-refractivity contribution in [3.63, 3.8) is 0 Å². The molecule has 0 heteroatoms. The predicted octanol–water partition coefficient (Wildman–Crippen LogP) is 6.45. The molecule has 0 aromatic heterocycles. The molecule has 0 nitrogen and oxygen atoms in total. The smallest absolute Gasteiger partial charge is 0.0386 e. The molecule has 0 N–H and O–H groups in total. The van der Waals surface area contributed by atoms with E-state index in [1.54, 1.807) is 51.4 Å². The van der Waals surface area contributed by atoms with Gasteiger partial charge in [0, 0.05) is 0 Å². The highest BCUT2D eigenvalue weighted by atomic mass is 14.4. The lowest BCUT2D eigenvalue weighted by Gasteiger charge is -2.41. The van der Waals surface area contributed by atoms with E-state index in [-0.39, 0.29) is 0 Å². The Labute approximate surface area is 127 Å². The van der Waals surface area contributed by atoms with Gasteiger partial charge in [-0.1, -0.05) is 39.5 Å². The fourth-order valence-corrected chi connectivity index (χ4v) is 5.60. The summed E-state index contributed by atoms with van der Waals surface area (Å²) in [4.78, 5) is 0. The van der Waals surface area contributed by atoms with E-state index in [4.69, 9.17) is 0 Å². The lowest BCUT2D eigenvalue weighted by molar-refractivity contribution is 0.108. The Bertz CT molecular complexity index is 240. The first-order valence-electron chi connectivity index (χ1n) is 9.72. The molecule has 116 valence electrons. The van der Waals surface area contributed by atoms with Crippen molar-refractivity contribution in [2.24, 2.45) is 35.5 Å². The van der Waals surface area contributed by atoms with Gasteiger partial charge in [0.25, 0.3) is 0 Å². The Kier molecular flexibility index (Phi) is 5.10. The van der Waals surface area contributed by atoms with Crippen LogP contribution >= 0.6 is 0 Å². The largest absolute Gasteiger partial charge is 0.0625 e. The molecule has 0 aromatic rings. The quantitative estimate of drug-likeness (QED) is 0.544. The standard InChI is InChI=1S/C20H36/c1-15-3-7-17(8-4-15)19-11-13-20(14-12-19)18-9-5-16(2)6-10-18/h15-20H,3-14H2,1-2H3. The van der Waals surface area contributed by atoms with Crippen LogP contribution < -0.4 is 0 Å². The maximum Gasteiger partial charge on any atom is -0.0386 e. The molecule has 3 rings (SSSR count). The summed E-state index contributed by atoms with van der Waals surface area (Å²) in [5.74, 6) is 6.48. The molecule has 3 aliphatic rings. The summed E-state index contributed by atoms with van der Waals surface area (Å²) >= 11 is 0. The van der Waals surface area contributed by atoms with Gasteiger partial charge in [-0.15, -0.1) is 0 Å². The molecule has 3 fully saturated rings. The Hall–Kier alpha value is 0. The Morgan fingerprint density at radius 2 is 0.550 bits per heavy atom. The van der Waals surface area contributed by atoms with E-state index in [0.29, 0.717) is 0 Å². The summed E-state index contributed by atoms with van der Waals surface area (Å²) in [6.45, 7) is 4.91. The molecular weight excluding hydrogens is 240 g/mol. The third kappa shape index (κ3) is 3.60. The van der Waals surface area contributed by atoms with E-state index in [1.165, 1.54) is 25.7 Å². The van der Waals surface area contributed by atoms with Gasteiger partial charge in [0.1, 0.15) is 0 Å². The molecule has 0 atom stereocenters. The van der Waals surface area contributed by atoms with Crippen LogP contribution in [0, 0.1) is 35.5 Å². The third-order valence-corrected chi connectivity index (χ3v) is 7.27. The molecule has 0 radical (unpaired) electrons. The fraction of sp³-hybridized carbons (Fsp3) is 1.00. The van der Waals surface area contributed by atoms with Gasteiger partial charge in [-0.25, -0.2) is 0 Å². The first-order chi connectivity index (χ1) is 9.72. The molecule has 0 aliphatic heterocycles. The van der Waals surface area contributed by atoms with Gasteiger partial charge in [-0.05, 0) is 86.9 Å². The zero-order chi connectivity index (χ0) is 13.9. The summed E-state index contributed by atoms with van der Waals surface area (Å²) < 4.78 is 0. The van der Waals surface area contributed by atoms with Crippen LogP contribution in [0.1, 0.15) is 90.9 Å². The van der Waals surface area contributed by atoms with E-state index >= 15 is 0 Å². The van der Waals surface area contributed by atoms with Gasteiger partial charge >= 0.3 is 0 Å². The van der Waals surface area contributed by atoms with Crippen LogP contribution in [0.5, 0.6) is 0 Å². The van der Waals surface area contributed by atoms with Crippen LogP contribution in [0.25, 0.3) is 0 Å². The highest BCUT2D eigenvalue weighted by molar-refractivity contribution is 4.85. The zero-order valence-electron chi connectivity index (χ0n) is 13.9. The van der Waals surface area contributed by atoms with Crippen LogP contribution in [0.3, 0.4) is 0 Å². The first kappa shape index (κ1) is 14.9. The summed E-state index contributed by atoms with van der Waals surface area (Å²) in [6.07, 6.45) is 18.6. The highest BCUT2D eigenvalue weighted by Crippen LogP contribution is 2.45. The van der Waals surface area contributed by atoms with Crippen molar-refractivity contribution in [2.45, 2.75) is 90.9 Å². The van der Waals surface area contributed by atoms with E-state index < -0.39 is 0 Å². The van der Waals surface area contributed by atoms with Crippen molar-refractivity contribution in [2.75, 3.05) is 0 Å². The summed E-state index contributed by atoms with van der Waals surface area (Å²) in [7, 11) is 0. The minimum absolute atomic E-state index is 1.02. The van der Waals surface area contributed by atoms with Gasteiger partial charge in [0.2, 0.25) is 0 Å². The Morgan fingerprint density at radius 1 is 0.350 bits per heavy atom. The number of hydrogen-bond donors (Lipinski definition) is 0. The van der Waals surface area contributed by atoms with Crippen LogP contribution in [0.15, 0.2) is 0 Å². The van der Waals surface area contributed by atoms with Crippen LogP contribution in [0.2, 0.25) is 0 Å². The first-order valence-corrected chi connectivity index (χ1v) is 9.72. The van der Waals surface area contributed by atoms with Crippen molar-refractivity contribution in [3.8, 4) is 0 Å². The number of rotatable bonds is 2. The molecule has 0 spiro atoms. The third-order valence-electron chi connectivity index (χ3n) is 7.27. The highest BCUT2D eigenvalue weighted by Gasteiger charge is 2.33. The van der Waals surface area contributed by atoms with Crippen molar-refractivity contribution >= 4 is 0 Å². The minimum atomic E-state index is 1.02. The van der Waals surface area contributed by atoms with Crippen molar-refractivity contribution in [1.29, 1.82) is 0 Å². The molecule has 0 saturated heterocycles. The van der Waals surface area contributed by atoms with Crippen molar-refractivity contribution < 1.29 is 0 Å². The van der Waals surface area contributed by atoms with Gasteiger partial charge in [-0.2, -0.15) is 0 Å². The monoisotopic (exact) mass is 276 g/mol. The van der Waals surface area contributed by atoms with Crippen molar-refractivity contribution in [3.05, 3.63) is 0 Å². The SMILES string of the molecule is CC1CCC(C2CCC(C3CCC(C)CC3)CC2)CC1. The maximum absolute atomic E-state index is 2.46. The van der Waals surface area contributed by atoms with Gasteiger partial charge in [0.05, 0.1) is 0 Å². The van der Waals surface area contributed by atoms with Crippen LogP contribution in [-0.4, -0.2) is 0 Å². The normalized spacial score (nSPS) is 47.1. The number of hydrogen-bond acceptors (Lipinski definition) is 0. The van der Waals surface area contributed by atoms with E-state index in [0.717, 1.165) is 35.5 Å². The molecule has 0 amide bonds. The minimum Gasteiger partial charge on any atom is -0.0625 e. The molecular formula is C20H36. The van der Waals surface area contributed by atoms with E-state index in [2.05, 4.69) is 13.8 Å². The lowest BCUT2D eigenvalue weighted by Crippen LogP contribution is -2.29. The average molecular weight is 277 g/mol. The molecule has 0 unspecified atom stereocenters. The lowest BCUT2D eigenvalue weighted by atomic mass is 9.65. The van der Waals surface area contributed by atoms with E-state index in [9.17, 15) is 0 Å². The maximum atomic E-state index is 2.46. The second-order valence-corrected chi connectivity index (χ2v) is 8.71. The topological polar surface area (TPSA) is 0 Å². The average Bonchev–Trinajstić information content (AvgIpc) is 2.49. The Balaban J connectivity index is 1.42. The van der Waals surface area contributed by atoms with Crippen molar-refractivity contribution in [1.82, 2.24) is 0 Å². The van der Waals surface area contributed by atoms with Gasteiger partial charge in [-0.3, -0.25) is 0 Å². The van der Waals surface area contributed by atoms with Crippen LogP contribution in [-0.2, 0) is 0 Å². The molecule has 0 bridgehead atoms. The van der Waals surface area contributed by atoms with Crippen LogP contribution in [0.4, 0.5) is 0 Å². The fourth-order valence-electron chi connectivity index (χ4n) is 5.60. The van der Waals surface area contributed by atoms with Gasteiger partial charge in [0.15, 0.2) is 0 Å². The second kappa shape index (κ2) is 6.84. The predicted molar refractivity (Wildman–Crippen MR) is 87.7 cm³/mol. The molecule has 3 saturated carbocycles. The van der Waals surface area contributed by atoms with E-state index in [1.807, 2.05) is 0 Å². The summed E-state index contributed by atoms with van der Waals surface area (Å²) in [5, 5.41) is 0. The Morgan fingerprint density at radius 3 is 0.800 bits per heavy atom. The summed E-state index contributed by atoms with van der Waals surface area (Å²) in [5.41, 5.74) is 0. The molecule has 20 heavy (non-hydrogen) atoms. The second-order valence-electron chi connectivity index (χ2n) is 8.71. The van der Waals surface area contributed by atoms with Gasteiger partial charge < -0.3 is 0 Å². The molecule has 0 heterocycles. The molecule has 3 aliphatic carbocycles. The summed E-state index contributed by atoms with van der Waals surface area (Å²) in [6, 6.07) is 0.